The largest absolute Gasteiger partial charge is 0.366 e. The van der Waals surface area contributed by atoms with E-state index in [0.29, 0.717) is 37.8 Å². The van der Waals surface area contributed by atoms with Crippen LogP contribution < -0.4 is 16.4 Å². The van der Waals surface area contributed by atoms with Gasteiger partial charge in [0.1, 0.15) is 6.10 Å². The molecule has 1 rings (SSSR count). The van der Waals surface area contributed by atoms with E-state index in [1.165, 1.54) is 6.26 Å². The lowest BCUT2D eigenvalue weighted by Gasteiger charge is -2.28. The molecule has 1 amide bonds. The lowest BCUT2D eigenvalue weighted by molar-refractivity contribution is -0.133. The molecule has 1 aromatic rings. The quantitative estimate of drug-likeness (QED) is 0.289. The second-order valence-corrected chi connectivity index (χ2v) is 10.5. The fraction of sp³-hybridized carbons (Fsp3) is 0.682. The zero-order chi connectivity index (χ0) is 23.4. The van der Waals surface area contributed by atoms with Crippen LogP contribution in [0.3, 0.4) is 0 Å². The number of carbonyl (C=O) groups excluding carboxylic acids is 1. The van der Waals surface area contributed by atoms with Crippen molar-refractivity contribution in [1.82, 2.24) is 10.6 Å². The first-order valence-electron chi connectivity index (χ1n) is 10.9. The summed E-state index contributed by atoms with van der Waals surface area (Å²) in [4.78, 5) is 13.0. The van der Waals surface area contributed by atoms with Gasteiger partial charge in [0.25, 0.3) is 0 Å². The summed E-state index contributed by atoms with van der Waals surface area (Å²) in [6.45, 7) is 7.83. The summed E-state index contributed by atoms with van der Waals surface area (Å²) in [5, 5.41) is 6.35. The third-order valence-corrected chi connectivity index (χ3v) is 6.90. The summed E-state index contributed by atoms with van der Waals surface area (Å²) < 4.78 is 29.5. The van der Waals surface area contributed by atoms with Gasteiger partial charge in [-0.2, -0.15) is 12.6 Å². The Kier molecular flexibility index (Phi) is 12.7. The second-order valence-electron chi connectivity index (χ2n) is 8.08. The maximum absolute atomic E-state index is 12.7. The standard InChI is InChI=1S/C22H39N3O4S2/c1-5-11-24-22(26)21(12-17-7-9-19(10-8-17)31(4,27)28)29-14-20(16(3)6-2)25-13-18(23)15-30/h7-10,16,18,20-21,25,30H,5-6,11-15,23H2,1-4H3,(H,24,26)/t16-,18+,20+,21-/m0/s1. The molecular formula is C22H39N3O4S2. The fourth-order valence-electron chi connectivity index (χ4n) is 2.97. The van der Waals surface area contributed by atoms with E-state index in [1.54, 1.807) is 24.3 Å². The lowest BCUT2D eigenvalue weighted by atomic mass is 9.99. The Balaban J connectivity index is 2.89. The summed E-state index contributed by atoms with van der Waals surface area (Å²) in [6.07, 6.45) is 2.68. The minimum Gasteiger partial charge on any atom is -0.366 e. The van der Waals surface area contributed by atoms with E-state index in [2.05, 4.69) is 37.1 Å². The van der Waals surface area contributed by atoms with Crippen molar-refractivity contribution in [3.8, 4) is 0 Å². The number of thiol groups is 1. The molecule has 0 aliphatic rings. The SMILES string of the molecule is CCCNC(=O)[C@H](Cc1ccc(S(C)(=O)=O)cc1)OC[C@@H](NC[C@@H](N)CS)[C@@H](C)CC. The van der Waals surface area contributed by atoms with E-state index in [4.69, 9.17) is 10.5 Å². The van der Waals surface area contributed by atoms with Crippen LogP contribution in [0.5, 0.6) is 0 Å². The summed E-state index contributed by atoms with van der Waals surface area (Å²) in [7, 11) is -3.26. The van der Waals surface area contributed by atoms with Crippen LogP contribution in [0.1, 0.15) is 39.2 Å². The van der Waals surface area contributed by atoms with Gasteiger partial charge < -0.3 is 21.1 Å². The van der Waals surface area contributed by atoms with Gasteiger partial charge >= 0.3 is 0 Å². The number of sulfone groups is 1. The number of ether oxygens (including phenoxy) is 1. The van der Waals surface area contributed by atoms with Gasteiger partial charge in [-0.3, -0.25) is 4.79 Å². The van der Waals surface area contributed by atoms with Crippen LogP contribution in [-0.2, 0) is 25.8 Å². The molecule has 0 radical (unpaired) electrons. The highest BCUT2D eigenvalue weighted by molar-refractivity contribution is 7.90. The van der Waals surface area contributed by atoms with Gasteiger partial charge in [-0.1, -0.05) is 39.3 Å². The molecular weight excluding hydrogens is 434 g/mol. The van der Waals surface area contributed by atoms with Crippen LogP contribution in [0.2, 0.25) is 0 Å². The number of carbonyl (C=O) groups is 1. The molecule has 0 aromatic heterocycles. The van der Waals surface area contributed by atoms with Gasteiger partial charge in [0.05, 0.1) is 11.5 Å². The Morgan fingerprint density at radius 3 is 2.39 bits per heavy atom. The maximum Gasteiger partial charge on any atom is 0.249 e. The van der Waals surface area contributed by atoms with Gasteiger partial charge in [0, 0.05) is 43.6 Å². The maximum atomic E-state index is 12.7. The van der Waals surface area contributed by atoms with Crippen LogP contribution in [0.25, 0.3) is 0 Å². The van der Waals surface area contributed by atoms with Crippen molar-refractivity contribution in [2.24, 2.45) is 11.7 Å². The van der Waals surface area contributed by atoms with E-state index in [1.807, 2.05) is 6.92 Å². The zero-order valence-corrected chi connectivity index (χ0v) is 20.8. The summed E-state index contributed by atoms with van der Waals surface area (Å²) >= 11 is 4.23. The van der Waals surface area contributed by atoms with Crippen LogP contribution in [0.15, 0.2) is 29.2 Å². The zero-order valence-electron chi connectivity index (χ0n) is 19.1. The second kappa shape index (κ2) is 14.1. The summed E-state index contributed by atoms with van der Waals surface area (Å²) in [5.41, 5.74) is 6.82. The van der Waals surface area contributed by atoms with Crippen LogP contribution in [0, 0.1) is 5.92 Å². The van der Waals surface area contributed by atoms with E-state index < -0.39 is 15.9 Å². The smallest absolute Gasteiger partial charge is 0.249 e. The molecule has 0 spiro atoms. The molecule has 4 atom stereocenters. The first-order chi connectivity index (χ1) is 14.6. The highest BCUT2D eigenvalue weighted by Gasteiger charge is 2.24. The predicted octanol–water partition coefficient (Wildman–Crippen LogP) is 1.81. The molecule has 7 nitrogen and oxygen atoms in total. The Hall–Kier alpha value is -1.13. The molecule has 0 aliphatic carbocycles. The van der Waals surface area contributed by atoms with Crippen molar-refractivity contribution in [3.05, 3.63) is 29.8 Å². The number of rotatable bonds is 15. The molecule has 0 aliphatic heterocycles. The van der Waals surface area contributed by atoms with E-state index in [0.717, 1.165) is 18.4 Å². The topological polar surface area (TPSA) is 111 Å². The molecule has 9 heteroatoms. The van der Waals surface area contributed by atoms with Gasteiger partial charge in [-0.15, -0.1) is 0 Å². The minimum atomic E-state index is -3.26. The van der Waals surface area contributed by atoms with Crippen molar-refractivity contribution in [2.75, 3.05) is 31.7 Å². The third-order valence-electron chi connectivity index (χ3n) is 5.30. The minimum absolute atomic E-state index is 0.0492. The number of hydrogen-bond acceptors (Lipinski definition) is 7. The molecule has 178 valence electrons. The van der Waals surface area contributed by atoms with Crippen molar-refractivity contribution in [2.45, 2.75) is 63.1 Å². The highest BCUT2D eigenvalue weighted by Crippen LogP contribution is 2.15. The predicted molar refractivity (Wildman–Crippen MR) is 129 cm³/mol. The van der Waals surface area contributed by atoms with Gasteiger partial charge in [0.2, 0.25) is 5.91 Å². The average molecular weight is 474 g/mol. The Bertz CT molecular complexity index is 757. The number of nitrogens with two attached hydrogens (primary N) is 1. The number of benzene rings is 1. The average Bonchev–Trinajstić information content (AvgIpc) is 2.75. The normalized spacial score (nSPS) is 15.8. The number of amides is 1. The molecule has 0 saturated carbocycles. The summed E-state index contributed by atoms with van der Waals surface area (Å²) in [6, 6.07) is 6.60. The molecule has 0 saturated heterocycles. The Morgan fingerprint density at radius 1 is 1.23 bits per heavy atom. The van der Waals surface area contributed by atoms with Crippen LogP contribution in [-0.4, -0.2) is 64.2 Å². The molecule has 1 aromatic carbocycles. The monoisotopic (exact) mass is 473 g/mol. The molecule has 0 fully saturated rings. The molecule has 0 unspecified atom stereocenters. The number of hydrogen-bond donors (Lipinski definition) is 4. The Labute approximate surface area is 193 Å². The van der Waals surface area contributed by atoms with Crippen LogP contribution >= 0.6 is 12.6 Å². The molecule has 4 N–H and O–H groups in total. The van der Waals surface area contributed by atoms with Gasteiger partial charge in [-0.05, 0) is 30.0 Å². The van der Waals surface area contributed by atoms with E-state index >= 15 is 0 Å². The van der Waals surface area contributed by atoms with Crippen molar-refractivity contribution >= 4 is 28.4 Å². The first-order valence-corrected chi connectivity index (χ1v) is 13.4. The lowest BCUT2D eigenvalue weighted by Crippen LogP contribution is -2.47. The highest BCUT2D eigenvalue weighted by atomic mass is 32.2. The van der Waals surface area contributed by atoms with Crippen molar-refractivity contribution in [3.63, 3.8) is 0 Å². The van der Waals surface area contributed by atoms with E-state index in [9.17, 15) is 13.2 Å². The third kappa shape index (κ3) is 10.4. The fourth-order valence-corrected chi connectivity index (χ4v) is 3.73. The number of nitrogens with one attached hydrogen (secondary N) is 2. The van der Waals surface area contributed by atoms with E-state index in [-0.39, 0.29) is 22.9 Å². The molecule has 0 bridgehead atoms. The van der Waals surface area contributed by atoms with Gasteiger partial charge in [0.15, 0.2) is 9.84 Å². The van der Waals surface area contributed by atoms with Crippen molar-refractivity contribution in [1.29, 1.82) is 0 Å². The Morgan fingerprint density at radius 2 is 1.87 bits per heavy atom. The van der Waals surface area contributed by atoms with Gasteiger partial charge in [-0.25, -0.2) is 8.42 Å². The summed E-state index contributed by atoms with van der Waals surface area (Å²) in [5.74, 6) is 0.775. The molecule has 31 heavy (non-hydrogen) atoms. The van der Waals surface area contributed by atoms with Crippen molar-refractivity contribution < 1.29 is 17.9 Å². The molecule has 0 heterocycles. The van der Waals surface area contributed by atoms with Crippen LogP contribution in [0.4, 0.5) is 0 Å². The first kappa shape index (κ1) is 27.9.